The number of benzene rings is 1. The highest BCUT2D eigenvalue weighted by Gasteiger charge is 2.14. The predicted molar refractivity (Wildman–Crippen MR) is 86.1 cm³/mol. The first-order valence-corrected chi connectivity index (χ1v) is 7.99. The van der Waals surface area contributed by atoms with Gasteiger partial charge in [0.1, 0.15) is 10.7 Å². The zero-order valence-electron chi connectivity index (χ0n) is 12.5. The van der Waals surface area contributed by atoms with E-state index >= 15 is 0 Å². The molecule has 3 rings (SSSR count). The lowest BCUT2D eigenvalue weighted by atomic mass is 10.3. The fourth-order valence-electron chi connectivity index (χ4n) is 2.45. The zero-order chi connectivity index (χ0) is 15.5. The van der Waals surface area contributed by atoms with Crippen LogP contribution in [-0.4, -0.2) is 31.6 Å². The number of aryl methyl sites for hydroxylation is 2. The summed E-state index contributed by atoms with van der Waals surface area (Å²) < 4.78 is 5.96. The van der Waals surface area contributed by atoms with Crippen LogP contribution in [0.15, 0.2) is 24.3 Å². The van der Waals surface area contributed by atoms with Crippen LogP contribution < -0.4 is 5.32 Å². The number of imidazole rings is 1. The Kier molecular flexibility index (Phi) is 4.15. The standard InChI is InChI=1S/C15H17N5OS/c1-3-11-14(22-19-18-11)15(21)16-8-9-20-10(2)17-12-6-4-5-7-13(12)20/h4-7H,3,8-9H2,1-2H3,(H,16,21). The van der Waals surface area contributed by atoms with E-state index in [1.54, 1.807) is 0 Å². The second-order valence-electron chi connectivity index (χ2n) is 4.96. The number of hydrogen-bond acceptors (Lipinski definition) is 5. The number of aromatic nitrogens is 4. The molecule has 0 aliphatic carbocycles. The lowest BCUT2D eigenvalue weighted by Gasteiger charge is -2.08. The maximum atomic E-state index is 12.2. The molecule has 2 aromatic heterocycles. The molecule has 114 valence electrons. The molecule has 0 saturated carbocycles. The summed E-state index contributed by atoms with van der Waals surface area (Å²) in [6.45, 7) is 5.17. The van der Waals surface area contributed by atoms with Gasteiger partial charge in [0.2, 0.25) is 0 Å². The summed E-state index contributed by atoms with van der Waals surface area (Å²) in [7, 11) is 0. The number of fused-ring (bicyclic) bond motifs is 1. The third-order valence-corrected chi connectivity index (χ3v) is 4.33. The summed E-state index contributed by atoms with van der Waals surface area (Å²) in [6, 6.07) is 8.01. The summed E-state index contributed by atoms with van der Waals surface area (Å²) in [4.78, 5) is 17.3. The maximum absolute atomic E-state index is 12.2. The Morgan fingerprint density at radius 3 is 3.00 bits per heavy atom. The molecule has 6 nitrogen and oxygen atoms in total. The summed E-state index contributed by atoms with van der Waals surface area (Å²) >= 11 is 1.14. The van der Waals surface area contributed by atoms with E-state index in [1.807, 2.05) is 38.1 Å². The van der Waals surface area contributed by atoms with Crippen LogP contribution in [0.4, 0.5) is 0 Å². The molecule has 0 radical (unpaired) electrons. The van der Waals surface area contributed by atoms with Crippen molar-refractivity contribution in [3.05, 3.63) is 40.7 Å². The summed E-state index contributed by atoms with van der Waals surface area (Å²) in [5.41, 5.74) is 2.82. The monoisotopic (exact) mass is 315 g/mol. The number of para-hydroxylation sites is 2. The van der Waals surface area contributed by atoms with Crippen molar-refractivity contribution in [2.45, 2.75) is 26.8 Å². The van der Waals surface area contributed by atoms with E-state index < -0.39 is 0 Å². The van der Waals surface area contributed by atoms with Gasteiger partial charge >= 0.3 is 0 Å². The first-order chi connectivity index (χ1) is 10.7. The molecular formula is C15H17N5OS. The number of carbonyl (C=O) groups excluding carboxylic acids is 1. The number of nitrogens with zero attached hydrogens (tertiary/aromatic N) is 4. The van der Waals surface area contributed by atoms with Crippen molar-refractivity contribution in [1.82, 2.24) is 24.5 Å². The molecule has 0 aliphatic rings. The van der Waals surface area contributed by atoms with Crippen LogP contribution in [0, 0.1) is 6.92 Å². The van der Waals surface area contributed by atoms with Gasteiger partial charge in [0.05, 0.1) is 16.7 Å². The Hall–Kier alpha value is -2.28. The molecule has 2 heterocycles. The van der Waals surface area contributed by atoms with Crippen molar-refractivity contribution in [3.63, 3.8) is 0 Å². The van der Waals surface area contributed by atoms with Crippen molar-refractivity contribution in [3.8, 4) is 0 Å². The normalized spacial score (nSPS) is 11.0. The van der Waals surface area contributed by atoms with E-state index in [0.717, 1.165) is 34.1 Å². The fourth-order valence-corrected chi connectivity index (χ4v) is 3.12. The van der Waals surface area contributed by atoms with Gasteiger partial charge in [-0.1, -0.05) is 23.5 Å². The highest BCUT2D eigenvalue weighted by molar-refractivity contribution is 7.08. The minimum Gasteiger partial charge on any atom is -0.349 e. The van der Waals surface area contributed by atoms with Gasteiger partial charge in [-0.2, -0.15) is 0 Å². The Bertz CT molecular complexity index is 807. The SMILES string of the molecule is CCc1nnsc1C(=O)NCCn1c(C)nc2ccccc21. The van der Waals surface area contributed by atoms with E-state index in [4.69, 9.17) is 0 Å². The molecule has 0 spiro atoms. The smallest absolute Gasteiger partial charge is 0.265 e. The van der Waals surface area contributed by atoms with Crippen LogP contribution >= 0.6 is 11.5 Å². The van der Waals surface area contributed by atoms with Crippen LogP contribution in [0.25, 0.3) is 11.0 Å². The van der Waals surface area contributed by atoms with E-state index in [2.05, 4.69) is 24.5 Å². The van der Waals surface area contributed by atoms with Crippen molar-refractivity contribution >= 4 is 28.5 Å². The zero-order valence-corrected chi connectivity index (χ0v) is 13.4. The molecule has 0 unspecified atom stereocenters. The van der Waals surface area contributed by atoms with Gasteiger partial charge in [0, 0.05) is 13.1 Å². The number of hydrogen-bond donors (Lipinski definition) is 1. The second kappa shape index (κ2) is 6.23. The van der Waals surface area contributed by atoms with Gasteiger partial charge in [0.15, 0.2) is 0 Å². The molecule has 3 aromatic rings. The quantitative estimate of drug-likeness (QED) is 0.783. The Balaban J connectivity index is 1.68. The number of nitrogens with one attached hydrogen (secondary N) is 1. The largest absolute Gasteiger partial charge is 0.349 e. The highest BCUT2D eigenvalue weighted by atomic mass is 32.1. The van der Waals surface area contributed by atoms with Crippen molar-refractivity contribution in [1.29, 1.82) is 0 Å². The van der Waals surface area contributed by atoms with E-state index in [0.29, 0.717) is 24.4 Å². The fraction of sp³-hybridized carbons (Fsp3) is 0.333. The summed E-state index contributed by atoms with van der Waals surface area (Å²) in [6.07, 6.45) is 0.713. The lowest BCUT2D eigenvalue weighted by Crippen LogP contribution is -2.27. The molecule has 1 N–H and O–H groups in total. The Morgan fingerprint density at radius 2 is 2.18 bits per heavy atom. The third-order valence-electron chi connectivity index (χ3n) is 3.56. The van der Waals surface area contributed by atoms with E-state index in [1.165, 1.54) is 0 Å². The first-order valence-electron chi connectivity index (χ1n) is 7.22. The topological polar surface area (TPSA) is 72.7 Å². The van der Waals surface area contributed by atoms with Crippen molar-refractivity contribution < 1.29 is 4.79 Å². The number of carbonyl (C=O) groups is 1. The molecule has 7 heteroatoms. The molecule has 0 atom stereocenters. The van der Waals surface area contributed by atoms with Crippen LogP contribution in [0.5, 0.6) is 0 Å². The second-order valence-corrected chi connectivity index (χ2v) is 5.71. The minimum atomic E-state index is -0.103. The van der Waals surface area contributed by atoms with Crippen LogP contribution in [0.2, 0.25) is 0 Å². The molecule has 0 fully saturated rings. The Labute approximate surface area is 132 Å². The molecule has 0 aliphatic heterocycles. The van der Waals surface area contributed by atoms with Crippen LogP contribution in [0.1, 0.15) is 28.1 Å². The number of amides is 1. The molecule has 1 aromatic carbocycles. The van der Waals surface area contributed by atoms with Gasteiger partial charge in [-0.05, 0) is 37.0 Å². The minimum absolute atomic E-state index is 0.103. The predicted octanol–water partition coefficient (Wildman–Crippen LogP) is 2.19. The molecular weight excluding hydrogens is 298 g/mol. The van der Waals surface area contributed by atoms with Crippen molar-refractivity contribution in [2.75, 3.05) is 6.54 Å². The van der Waals surface area contributed by atoms with Gasteiger partial charge in [-0.15, -0.1) is 5.10 Å². The van der Waals surface area contributed by atoms with Crippen LogP contribution in [-0.2, 0) is 13.0 Å². The summed E-state index contributed by atoms with van der Waals surface area (Å²) in [5, 5.41) is 6.89. The van der Waals surface area contributed by atoms with Gasteiger partial charge < -0.3 is 9.88 Å². The van der Waals surface area contributed by atoms with Gasteiger partial charge in [-0.25, -0.2) is 4.98 Å². The van der Waals surface area contributed by atoms with Gasteiger partial charge in [-0.3, -0.25) is 4.79 Å². The molecule has 0 bridgehead atoms. The maximum Gasteiger partial charge on any atom is 0.265 e. The summed E-state index contributed by atoms with van der Waals surface area (Å²) in [5.74, 6) is 0.845. The van der Waals surface area contributed by atoms with Crippen molar-refractivity contribution in [2.24, 2.45) is 0 Å². The third kappa shape index (κ3) is 2.71. The van der Waals surface area contributed by atoms with Gasteiger partial charge in [0.25, 0.3) is 5.91 Å². The lowest BCUT2D eigenvalue weighted by molar-refractivity contribution is 0.0955. The van der Waals surface area contributed by atoms with E-state index in [-0.39, 0.29) is 5.91 Å². The van der Waals surface area contributed by atoms with E-state index in [9.17, 15) is 4.79 Å². The molecule has 22 heavy (non-hydrogen) atoms. The average molecular weight is 315 g/mol. The van der Waals surface area contributed by atoms with Crippen LogP contribution in [0.3, 0.4) is 0 Å². The highest BCUT2D eigenvalue weighted by Crippen LogP contribution is 2.15. The number of rotatable bonds is 5. The molecule has 1 amide bonds. The average Bonchev–Trinajstić information content (AvgIpc) is 3.11. The Morgan fingerprint density at radius 1 is 1.36 bits per heavy atom. The first kappa shape index (κ1) is 14.6. The molecule has 0 saturated heterocycles.